The molecule has 1 aromatic carbocycles. The van der Waals surface area contributed by atoms with Crippen LogP contribution in [0, 0.1) is 0 Å². The van der Waals surface area contributed by atoms with Crippen molar-refractivity contribution in [2.24, 2.45) is 0 Å². The van der Waals surface area contributed by atoms with E-state index in [0.717, 1.165) is 0 Å². The lowest BCUT2D eigenvalue weighted by Crippen LogP contribution is -2.30. The molecular formula is C10H11NO5S. The summed E-state index contributed by atoms with van der Waals surface area (Å²) in [5, 5.41) is 9.70. The zero-order valence-electron chi connectivity index (χ0n) is 8.91. The molecule has 6 nitrogen and oxygen atoms in total. The van der Waals surface area contributed by atoms with Crippen LogP contribution >= 0.6 is 0 Å². The fourth-order valence-corrected chi connectivity index (χ4v) is 1.50. The average Bonchev–Trinajstić information content (AvgIpc) is 2.26. The van der Waals surface area contributed by atoms with Gasteiger partial charge in [-0.1, -0.05) is 30.3 Å². The average molecular weight is 257 g/mol. The summed E-state index contributed by atoms with van der Waals surface area (Å²) in [4.78, 5) is 11.3. The number of carbonyl (C=O) groups is 1. The SMILES string of the molecule is CC(C(=O)NS(=O)(=O)O)=C(O)c1ccccc1. The van der Waals surface area contributed by atoms with Crippen LogP contribution in [0.1, 0.15) is 12.5 Å². The van der Waals surface area contributed by atoms with Gasteiger partial charge in [-0.25, -0.2) is 4.72 Å². The topological polar surface area (TPSA) is 104 Å². The maximum absolute atomic E-state index is 11.3. The first-order chi connectivity index (χ1) is 7.81. The molecule has 0 heterocycles. The number of hydrogen-bond donors (Lipinski definition) is 3. The van der Waals surface area contributed by atoms with Gasteiger partial charge in [0, 0.05) is 5.56 Å². The van der Waals surface area contributed by atoms with Crippen molar-refractivity contribution in [3.05, 3.63) is 41.5 Å². The van der Waals surface area contributed by atoms with Crippen LogP contribution in [0.3, 0.4) is 0 Å². The molecule has 1 amide bonds. The van der Waals surface area contributed by atoms with Crippen LogP contribution in [0.15, 0.2) is 35.9 Å². The quantitative estimate of drug-likeness (QED) is 0.424. The first kappa shape index (κ1) is 13.2. The molecule has 7 heteroatoms. The zero-order valence-corrected chi connectivity index (χ0v) is 9.73. The molecule has 0 aromatic heterocycles. The summed E-state index contributed by atoms with van der Waals surface area (Å²) in [6, 6.07) is 8.14. The van der Waals surface area contributed by atoms with E-state index < -0.39 is 16.2 Å². The molecule has 0 aliphatic heterocycles. The highest BCUT2D eigenvalue weighted by molar-refractivity contribution is 7.84. The van der Waals surface area contributed by atoms with E-state index in [4.69, 9.17) is 4.55 Å². The minimum atomic E-state index is -4.63. The van der Waals surface area contributed by atoms with Crippen LogP contribution < -0.4 is 4.72 Å². The first-order valence-electron chi connectivity index (χ1n) is 4.56. The van der Waals surface area contributed by atoms with Crippen molar-refractivity contribution in [1.82, 2.24) is 4.72 Å². The molecule has 17 heavy (non-hydrogen) atoms. The predicted octanol–water partition coefficient (Wildman–Crippen LogP) is 0.895. The summed E-state index contributed by atoms with van der Waals surface area (Å²) in [6.45, 7) is 1.24. The predicted molar refractivity (Wildman–Crippen MR) is 61.4 cm³/mol. The zero-order chi connectivity index (χ0) is 13.1. The van der Waals surface area contributed by atoms with Gasteiger partial charge in [-0.2, -0.15) is 8.42 Å². The molecule has 0 radical (unpaired) electrons. The van der Waals surface area contributed by atoms with Crippen LogP contribution in [0.5, 0.6) is 0 Å². The third-order valence-corrected chi connectivity index (χ3v) is 2.41. The molecule has 3 N–H and O–H groups in total. The largest absolute Gasteiger partial charge is 0.507 e. The van der Waals surface area contributed by atoms with E-state index in [-0.39, 0.29) is 11.3 Å². The second-order valence-corrected chi connectivity index (χ2v) is 4.40. The van der Waals surface area contributed by atoms with Gasteiger partial charge >= 0.3 is 10.3 Å². The number of aliphatic hydroxyl groups is 1. The highest BCUT2D eigenvalue weighted by atomic mass is 32.2. The van der Waals surface area contributed by atoms with Crippen LogP contribution in [0.25, 0.3) is 5.76 Å². The fourth-order valence-electron chi connectivity index (χ4n) is 1.11. The van der Waals surface area contributed by atoms with Gasteiger partial charge in [0.2, 0.25) is 0 Å². The third-order valence-electron chi connectivity index (χ3n) is 1.96. The minimum Gasteiger partial charge on any atom is -0.507 e. The number of nitrogens with one attached hydrogen (secondary N) is 1. The normalized spacial score (nSPS) is 12.8. The van der Waals surface area contributed by atoms with E-state index >= 15 is 0 Å². The number of rotatable bonds is 3. The Balaban J connectivity index is 3.02. The van der Waals surface area contributed by atoms with Crippen LogP contribution in [0.4, 0.5) is 0 Å². The second kappa shape index (κ2) is 4.98. The molecule has 0 bridgehead atoms. The molecule has 0 fully saturated rings. The lowest BCUT2D eigenvalue weighted by atomic mass is 10.1. The van der Waals surface area contributed by atoms with Crippen LogP contribution in [0.2, 0.25) is 0 Å². The Kier molecular flexibility index (Phi) is 3.87. The molecular weight excluding hydrogens is 246 g/mol. The Morgan fingerprint density at radius 3 is 2.24 bits per heavy atom. The summed E-state index contributed by atoms with van der Waals surface area (Å²) in [5.74, 6) is -1.44. The molecule has 0 unspecified atom stereocenters. The van der Waals surface area contributed by atoms with Crippen molar-refractivity contribution in [2.45, 2.75) is 6.92 Å². The van der Waals surface area contributed by atoms with Gasteiger partial charge in [-0.05, 0) is 6.92 Å². The molecule has 0 spiro atoms. The lowest BCUT2D eigenvalue weighted by molar-refractivity contribution is -0.115. The van der Waals surface area contributed by atoms with E-state index in [1.807, 2.05) is 0 Å². The molecule has 92 valence electrons. The van der Waals surface area contributed by atoms with Gasteiger partial charge in [0.1, 0.15) is 5.76 Å². The van der Waals surface area contributed by atoms with E-state index in [0.29, 0.717) is 5.56 Å². The summed E-state index contributed by atoms with van der Waals surface area (Å²) in [7, 11) is -4.63. The highest BCUT2D eigenvalue weighted by Gasteiger charge is 2.16. The van der Waals surface area contributed by atoms with Crippen LogP contribution in [-0.4, -0.2) is 24.0 Å². The first-order valence-corrected chi connectivity index (χ1v) is 6.00. The monoisotopic (exact) mass is 257 g/mol. The Labute approximate surface area is 98.5 Å². The van der Waals surface area contributed by atoms with E-state index in [2.05, 4.69) is 0 Å². The Bertz CT molecular complexity index is 547. The smallest absolute Gasteiger partial charge is 0.359 e. The second-order valence-electron chi connectivity index (χ2n) is 3.25. The summed E-state index contributed by atoms with van der Waals surface area (Å²) < 4.78 is 30.6. The van der Waals surface area contributed by atoms with Crippen molar-refractivity contribution in [3.8, 4) is 0 Å². The van der Waals surface area contributed by atoms with Gasteiger partial charge in [0.05, 0.1) is 5.57 Å². The van der Waals surface area contributed by atoms with Gasteiger partial charge in [-0.15, -0.1) is 0 Å². The number of benzene rings is 1. The van der Waals surface area contributed by atoms with Crippen LogP contribution in [-0.2, 0) is 15.1 Å². The molecule has 0 saturated heterocycles. The number of carbonyl (C=O) groups excluding carboxylic acids is 1. The number of hydrogen-bond acceptors (Lipinski definition) is 4. The molecule has 0 atom stereocenters. The maximum Gasteiger partial charge on any atom is 0.359 e. The van der Waals surface area contributed by atoms with Crippen molar-refractivity contribution in [2.75, 3.05) is 0 Å². The third kappa shape index (κ3) is 3.89. The summed E-state index contributed by atoms with van der Waals surface area (Å²) in [6.07, 6.45) is 0. The van der Waals surface area contributed by atoms with Gasteiger partial charge in [-0.3, -0.25) is 9.35 Å². The lowest BCUT2D eigenvalue weighted by Gasteiger charge is -2.05. The highest BCUT2D eigenvalue weighted by Crippen LogP contribution is 2.15. The molecule has 0 aliphatic carbocycles. The number of amides is 1. The number of aliphatic hydroxyl groups excluding tert-OH is 1. The molecule has 0 saturated carbocycles. The Morgan fingerprint density at radius 1 is 1.24 bits per heavy atom. The minimum absolute atomic E-state index is 0.214. The summed E-state index contributed by atoms with van der Waals surface area (Å²) >= 11 is 0. The standard InChI is InChI=1S/C10H11NO5S/c1-7(10(13)11-17(14,15)16)9(12)8-5-3-2-4-6-8/h2-6,12H,1H3,(H,11,13)(H,14,15,16). The molecule has 0 aliphatic rings. The van der Waals surface area contributed by atoms with Gasteiger partial charge < -0.3 is 5.11 Å². The maximum atomic E-state index is 11.3. The van der Waals surface area contributed by atoms with E-state index in [1.165, 1.54) is 11.6 Å². The molecule has 1 rings (SSSR count). The molecule has 1 aromatic rings. The Morgan fingerprint density at radius 2 is 1.76 bits per heavy atom. The van der Waals surface area contributed by atoms with Crippen molar-refractivity contribution < 1.29 is 22.9 Å². The fraction of sp³-hybridized carbons (Fsp3) is 0.100. The van der Waals surface area contributed by atoms with E-state index in [9.17, 15) is 18.3 Å². The summed E-state index contributed by atoms with van der Waals surface area (Å²) in [5.41, 5.74) is 0.157. The van der Waals surface area contributed by atoms with Crippen molar-refractivity contribution >= 4 is 22.0 Å². The van der Waals surface area contributed by atoms with Crippen molar-refractivity contribution in [1.29, 1.82) is 0 Å². The van der Waals surface area contributed by atoms with Gasteiger partial charge in [0.25, 0.3) is 5.91 Å². The Hall–Kier alpha value is -1.86. The van der Waals surface area contributed by atoms with Gasteiger partial charge in [0.15, 0.2) is 0 Å². The van der Waals surface area contributed by atoms with Crippen molar-refractivity contribution in [3.63, 3.8) is 0 Å². The van der Waals surface area contributed by atoms with E-state index in [1.54, 1.807) is 30.3 Å².